The summed E-state index contributed by atoms with van der Waals surface area (Å²) < 4.78 is 39.9. The van der Waals surface area contributed by atoms with E-state index in [4.69, 9.17) is 5.11 Å². The normalized spacial score (nSPS) is 22.3. The Morgan fingerprint density at radius 1 is 1.50 bits per heavy atom. The molecular formula is C13H16F3N3O3. The number of amides is 1. The largest absolute Gasteiger partial charge is 0.573 e. The molecule has 0 saturated carbocycles. The van der Waals surface area contributed by atoms with Crippen molar-refractivity contribution < 1.29 is 27.8 Å². The average Bonchev–Trinajstić information content (AvgIpc) is 2.41. The van der Waals surface area contributed by atoms with E-state index < -0.39 is 12.5 Å². The maximum Gasteiger partial charge on any atom is 0.573 e. The van der Waals surface area contributed by atoms with Gasteiger partial charge in [-0.3, -0.25) is 0 Å². The first-order valence-corrected chi connectivity index (χ1v) is 6.71. The molecule has 1 saturated heterocycles. The maximum atomic E-state index is 12.0. The first-order valence-electron chi connectivity index (χ1n) is 6.71. The van der Waals surface area contributed by atoms with Gasteiger partial charge in [-0.1, -0.05) is 6.92 Å². The molecule has 1 fully saturated rings. The lowest BCUT2D eigenvalue weighted by Gasteiger charge is -2.36. The quantitative estimate of drug-likeness (QED) is 0.896. The van der Waals surface area contributed by atoms with E-state index in [2.05, 4.69) is 15.0 Å². The summed E-state index contributed by atoms with van der Waals surface area (Å²) in [7, 11) is 0. The number of anilines is 1. The second-order valence-corrected chi connectivity index (χ2v) is 5.17. The van der Waals surface area contributed by atoms with E-state index in [1.54, 1.807) is 0 Å². The zero-order valence-corrected chi connectivity index (χ0v) is 11.8. The standard InChI is InChI=1S/C13H16F3N3O3/c1-8-7-19(12(20)21)5-4-10(8)18-11-3-2-9(6-17-11)22-13(14,15)16/h2-3,6,8,10H,4-5,7H2,1H3,(H,17,18)(H,20,21)/t8-,10-/m0/s1. The number of nitrogens with zero attached hydrogens (tertiary/aromatic N) is 2. The predicted molar refractivity (Wildman–Crippen MR) is 71.7 cm³/mol. The number of ether oxygens (including phenoxy) is 1. The first kappa shape index (κ1) is 16.2. The summed E-state index contributed by atoms with van der Waals surface area (Å²) in [6.45, 7) is 2.72. The van der Waals surface area contributed by atoms with Gasteiger partial charge in [-0.05, 0) is 24.5 Å². The topological polar surface area (TPSA) is 74.7 Å². The van der Waals surface area contributed by atoms with Gasteiger partial charge in [0, 0.05) is 19.1 Å². The predicted octanol–water partition coefficient (Wildman–Crippen LogP) is 2.78. The van der Waals surface area contributed by atoms with E-state index in [1.165, 1.54) is 17.0 Å². The van der Waals surface area contributed by atoms with E-state index >= 15 is 0 Å². The molecule has 0 bridgehead atoms. The lowest BCUT2D eigenvalue weighted by atomic mass is 9.94. The Morgan fingerprint density at radius 2 is 2.23 bits per heavy atom. The van der Waals surface area contributed by atoms with Crippen molar-refractivity contribution in [2.75, 3.05) is 18.4 Å². The van der Waals surface area contributed by atoms with Crippen LogP contribution in [0.15, 0.2) is 18.3 Å². The minimum atomic E-state index is -4.74. The second kappa shape index (κ2) is 6.29. The molecule has 0 aromatic carbocycles. The number of nitrogens with one attached hydrogen (secondary N) is 1. The zero-order valence-electron chi connectivity index (χ0n) is 11.8. The van der Waals surface area contributed by atoms with Crippen LogP contribution in [0.1, 0.15) is 13.3 Å². The molecule has 22 heavy (non-hydrogen) atoms. The van der Waals surface area contributed by atoms with Gasteiger partial charge >= 0.3 is 12.5 Å². The Hall–Kier alpha value is -2.19. The van der Waals surface area contributed by atoms with Crippen molar-refractivity contribution in [1.29, 1.82) is 0 Å². The van der Waals surface area contributed by atoms with Crippen molar-refractivity contribution in [1.82, 2.24) is 9.88 Å². The number of likely N-dealkylation sites (tertiary alicyclic amines) is 1. The zero-order chi connectivity index (χ0) is 16.3. The van der Waals surface area contributed by atoms with Crippen LogP contribution in [-0.2, 0) is 0 Å². The minimum absolute atomic E-state index is 0.0116. The second-order valence-electron chi connectivity index (χ2n) is 5.17. The van der Waals surface area contributed by atoms with Crippen LogP contribution < -0.4 is 10.1 Å². The number of hydrogen-bond acceptors (Lipinski definition) is 4. The van der Waals surface area contributed by atoms with E-state index in [-0.39, 0.29) is 17.7 Å². The molecule has 2 N–H and O–H groups in total. The molecule has 0 aliphatic carbocycles. The van der Waals surface area contributed by atoms with Gasteiger partial charge in [0.05, 0.1) is 6.20 Å². The lowest BCUT2D eigenvalue weighted by molar-refractivity contribution is -0.274. The monoisotopic (exact) mass is 319 g/mol. The number of carbonyl (C=O) groups is 1. The van der Waals surface area contributed by atoms with Crippen LogP contribution in [0.3, 0.4) is 0 Å². The van der Waals surface area contributed by atoms with E-state index in [0.717, 1.165) is 6.20 Å². The molecule has 9 heteroatoms. The average molecular weight is 319 g/mol. The van der Waals surface area contributed by atoms with Gasteiger partial charge in [0.2, 0.25) is 0 Å². The summed E-state index contributed by atoms with van der Waals surface area (Å²) in [5, 5.41) is 12.1. The highest BCUT2D eigenvalue weighted by atomic mass is 19.4. The van der Waals surface area contributed by atoms with Gasteiger partial charge in [-0.15, -0.1) is 13.2 Å². The molecule has 2 rings (SSSR count). The fraction of sp³-hybridized carbons (Fsp3) is 0.538. The number of alkyl halides is 3. The summed E-state index contributed by atoms with van der Waals surface area (Å²) in [6.07, 6.45) is -4.09. The Morgan fingerprint density at radius 3 is 2.73 bits per heavy atom. The number of aromatic nitrogens is 1. The molecule has 122 valence electrons. The van der Waals surface area contributed by atoms with Gasteiger partial charge in [0.15, 0.2) is 0 Å². The van der Waals surface area contributed by atoms with Crippen molar-refractivity contribution in [3.8, 4) is 5.75 Å². The lowest BCUT2D eigenvalue weighted by Crippen LogP contribution is -2.47. The van der Waals surface area contributed by atoms with Crippen LogP contribution in [0.25, 0.3) is 0 Å². The molecule has 1 aliphatic heterocycles. The molecule has 1 aromatic heterocycles. The van der Waals surface area contributed by atoms with Crippen molar-refractivity contribution >= 4 is 11.9 Å². The summed E-state index contributed by atoms with van der Waals surface area (Å²) >= 11 is 0. The molecular weight excluding hydrogens is 303 g/mol. The van der Waals surface area contributed by atoms with E-state index in [0.29, 0.717) is 25.3 Å². The smallest absolute Gasteiger partial charge is 0.465 e. The van der Waals surface area contributed by atoms with Gasteiger partial charge in [-0.25, -0.2) is 9.78 Å². The first-order chi connectivity index (χ1) is 10.2. The van der Waals surface area contributed by atoms with E-state index in [9.17, 15) is 18.0 Å². The van der Waals surface area contributed by atoms with Crippen molar-refractivity contribution in [2.45, 2.75) is 25.7 Å². The van der Waals surface area contributed by atoms with Gasteiger partial charge in [0.25, 0.3) is 0 Å². The molecule has 0 radical (unpaired) electrons. The third kappa shape index (κ3) is 4.40. The van der Waals surface area contributed by atoms with Crippen LogP contribution in [0.5, 0.6) is 5.75 Å². The molecule has 1 amide bonds. The summed E-state index contributed by atoms with van der Waals surface area (Å²) in [4.78, 5) is 16.1. The summed E-state index contributed by atoms with van der Waals surface area (Å²) in [5.74, 6) is 0.111. The van der Waals surface area contributed by atoms with Gasteiger partial charge in [0.1, 0.15) is 11.6 Å². The van der Waals surface area contributed by atoms with Gasteiger partial charge < -0.3 is 20.1 Å². The number of pyridine rings is 1. The summed E-state index contributed by atoms with van der Waals surface area (Å²) in [5.41, 5.74) is 0. The van der Waals surface area contributed by atoms with E-state index in [1.807, 2.05) is 6.92 Å². The minimum Gasteiger partial charge on any atom is -0.465 e. The maximum absolute atomic E-state index is 12.0. The third-order valence-electron chi connectivity index (χ3n) is 3.48. The molecule has 1 aliphatic rings. The molecule has 6 nitrogen and oxygen atoms in total. The molecule has 2 atom stereocenters. The molecule has 2 heterocycles. The number of carboxylic acid groups (broad SMARTS) is 1. The van der Waals surface area contributed by atoms with Crippen molar-refractivity contribution in [3.05, 3.63) is 18.3 Å². The number of piperidine rings is 1. The Balaban J connectivity index is 1.93. The number of halogens is 3. The highest BCUT2D eigenvalue weighted by Gasteiger charge is 2.31. The molecule has 0 unspecified atom stereocenters. The van der Waals surface area contributed by atoms with Gasteiger partial charge in [-0.2, -0.15) is 0 Å². The SMILES string of the molecule is C[C@H]1CN(C(=O)O)CC[C@@H]1Nc1ccc(OC(F)(F)F)cn1. The van der Waals surface area contributed by atoms with Crippen molar-refractivity contribution in [3.63, 3.8) is 0 Å². The van der Waals surface area contributed by atoms with Crippen LogP contribution in [0.4, 0.5) is 23.8 Å². The fourth-order valence-electron chi connectivity index (χ4n) is 2.38. The third-order valence-corrected chi connectivity index (χ3v) is 3.48. The van der Waals surface area contributed by atoms with Crippen LogP contribution >= 0.6 is 0 Å². The molecule has 1 aromatic rings. The fourth-order valence-corrected chi connectivity index (χ4v) is 2.38. The Kier molecular flexibility index (Phi) is 4.62. The van der Waals surface area contributed by atoms with Crippen LogP contribution in [-0.4, -0.2) is 46.6 Å². The highest BCUT2D eigenvalue weighted by Crippen LogP contribution is 2.24. The van der Waals surface area contributed by atoms with Crippen LogP contribution in [0.2, 0.25) is 0 Å². The molecule has 0 spiro atoms. The highest BCUT2D eigenvalue weighted by molar-refractivity contribution is 5.65. The number of rotatable bonds is 3. The van der Waals surface area contributed by atoms with Crippen LogP contribution in [0, 0.1) is 5.92 Å². The number of hydrogen-bond donors (Lipinski definition) is 2. The Bertz CT molecular complexity index is 522. The summed E-state index contributed by atoms with van der Waals surface area (Å²) in [6, 6.07) is 2.59. The Labute approximate surface area is 124 Å². The van der Waals surface area contributed by atoms with Crippen molar-refractivity contribution in [2.24, 2.45) is 5.92 Å².